The number of benzene rings is 2. The Balaban J connectivity index is 0.000000980. The summed E-state index contributed by atoms with van der Waals surface area (Å²) < 4.78 is 0. The first kappa shape index (κ1) is 15.0. The number of hydrogen-bond acceptors (Lipinski definition) is 0. The zero-order valence-electron chi connectivity index (χ0n) is 8.08. The number of halogens is 2. The van der Waals surface area contributed by atoms with E-state index in [2.05, 4.69) is 6.07 Å². The van der Waals surface area contributed by atoms with Gasteiger partial charge in [-0.3, -0.25) is 0 Å². The van der Waals surface area contributed by atoms with Crippen LogP contribution in [0.4, 0.5) is 0 Å². The van der Waals surface area contributed by atoms with Gasteiger partial charge >= 0.3 is 23.1 Å². The van der Waals surface area contributed by atoms with Gasteiger partial charge in [-0.2, -0.15) is 30.3 Å². The maximum atomic E-state index is 5.88. The van der Waals surface area contributed by atoms with Gasteiger partial charge in [0.15, 0.2) is 0 Å². The monoisotopic (exact) mass is 290 g/mol. The summed E-state index contributed by atoms with van der Waals surface area (Å²) in [6, 6.07) is 18.7. The Morgan fingerprint density at radius 3 is 2.33 bits per heavy atom. The number of hydrogen-bond donors (Lipinski definition) is 0. The SMILES string of the molecule is Clc1cccc(-c2c[c-]ccc2)c1.[Br-].[Mg+2]. The van der Waals surface area contributed by atoms with Crippen LogP contribution < -0.4 is 17.0 Å². The van der Waals surface area contributed by atoms with Gasteiger partial charge in [0.25, 0.3) is 0 Å². The first-order valence-electron chi connectivity index (χ1n) is 4.08. The van der Waals surface area contributed by atoms with E-state index >= 15 is 0 Å². The molecule has 0 bridgehead atoms. The van der Waals surface area contributed by atoms with E-state index < -0.39 is 0 Å². The van der Waals surface area contributed by atoms with Crippen LogP contribution in [0.3, 0.4) is 0 Å². The molecule has 72 valence electrons. The molecule has 0 aliphatic rings. The molecule has 0 amide bonds. The Hall–Kier alpha value is -0.0238. The second-order valence-corrected chi connectivity index (χ2v) is 3.24. The molecular formula is C12H8BrClMg. The van der Waals surface area contributed by atoms with Crippen molar-refractivity contribution in [2.45, 2.75) is 0 Å². The van der Waals surface area contributed by atoms with Crippen LogP contribution in [0.25, 0.3) is 11.1 Å². The minimum absolute atomic E-state index is 0. The minimum Gasteiger partial charge on any atom is -1.00 e. The van der Waals surface area contributed by atoms with E-state index in [0.717, 1.165) is 16.1 Å². The minimum atomic E-state index is 0. The molecule has 0 unspecified atom stereocenters. The van der Waals surface area contributed by atoms with Gasteiger partial charge in [0.1, 0.15) is 0 Å². The molecule has 0 aliphatic heterocycles. The fourth-order valence-corrected chi connectivity index (χ4v) is 1.43. The van der Waals surface area contributed by atoms with Crippen LogP contribution in [0.2, 0.25) is 5.02 Å². The second-order valence-electron chi connectivity index (χ2n) is 2.80. The fraction of sp³-hybridized carbons (Fsp3) is 0. The summed E-state index contributed by atoms with van der Waals surface area (Å²) in [5.74, 6) is 0. The molecule has 3 heteroatoms. The largest absolute Gasteiger partial charge is 2.00 e. The summed E-state index contributed by atoms with van der Waals surface area (Å²) in [5.41, 5.74) is 2.27. The van der Waals surface area contributed by atoms with Gasteiger partial charge in [-0.15, -0.1) is 5.56 Å². The summed E-state index contributed by atoms with van der Waals surface area (Å²) in [7, 11) is 0. The molecule has 2 aromatic rings. The van der Waals surface area contributed by atoms with Crippen molar-refractivity contribution in [3.8, 4) is 11.1 Å². The summed E-state index contributed by atoms with van der Waals surface area (Å²) >= 11 is 5.88. The van der Waals surface area contributed by atoms with Gasteiger partial charge in [0.05, 0.1) is 0 Å². The standard InChI is InChI=1S/C12H8Cl.BrH.Mg/c13-12-8-4-7-11(9-12)10-5-2-1-3-6-10;;/h1-2,4-9H;1H;/q-1;;+2/p-1. The molecule has 0 aromatic heterocycles. The molecular weight excluding hydrogens is 284 g/mol. The Morgan fingerprint density at radius 1 is 1.00 bits per heavy atom. The molecule has 0 aliphatic carbocycles. The first-order valence-corrected chi connectivity index (χ1v) is 4.46. The molecule has 0 spiro atoms. The average molecular weight is 292 g/mol. The molecule has 0 saturated heterocycles. The quantitative estimate of drug-likeness (QED) is 0.528. The topological polar surface area (TPSA) is 0 Å². The summed E-state index contributed by atoms with van der Waals surface area (Å²) in [6.07, 6.45) is 0. The molecule has 15 heavy (non-hydrogen) atoms. The van der Waals surface area contributed by atoms with E-state index in [1.54, 1.807) is 0 Å². The third kappa shape index (κ3) is 4.15. The van der Waals surface area contributed by atoms with Crippen LogP contribution in [0.5, 0.6) is 0 Å². The van der Waals surface area contributed by atoms with E-state index in [1.165, 1.54) is 0 Å². The van der Waals surface area contributed by atoms with Gasteiger partial charge in [0.2, 0.25) is 0 Å². The van der Waals surface area contributed by atoms with Crippen LogP contribution in [-0.4, -0.2) is 23.1 Å². The Bertz CT molecular complexity index is 403. The van der Waals surface area contributed by atoms with E-state index in [-0.39, 0.29) is 40.0 Å². The smallest absolute Gasteiger partial charge is 1.00 e. The Kier molecular flexibility index (Phi) is 7.27. The summed E-state index contributed by atoms with van der Waals surface area (Å²) in [6.45, 7) is 0. The van der Waals surface area contributed by atoms with E-state index in [4.69, 9.17) is 11.6 Å². The molecule has 0 saturated carbocycles. The van der Waals surface area contributed by atoms with Gasteiger partial charge in [-0.25, -0.2) is 0 Å². The van der Waals surface area contributed by atoms with Crippen molar-refractivity contribution in [3.63, 3.8) is 0 Å². The molecule has 0 atom stereocenters. The Morgan fingerprint density at radius 2 is 1.73 bits per heavy atom. The third-order valence-electron chi connectivity index (χ3n) is 1.87. The molecule has 0 nitrogen and oxygen atoms in total. The van der Waals surface area contributed by atoms with Gasteiger partial charge in [-0.05, 0) is 12.1 Å². The van der Waals surface area contributed by atoms with Crippen LogP contribution >= 0.6 is 11.6 Å². The van der Waals surface area contributed by atoms with Crippen LogP contribution in [-0.2, 0) is 0 Å². The number of rotatable bonds is 1. The van der Waals surface area contributed by atoms with Crippen LogP contribution in [0, 0.1) is 6.07 Å². The van der Waals surface area contributed by atoms with Crippen molar-refractivity contribution in [1.29, 1.82) is 0 Å². The van der Waals surface area contributed by atoms with Crippen molar-refractivity contribution in [1.82, 2.24) is 0 Å². The van der Waals surface area contributed by atoms with Crippen molar-refractivity contribution in [2.24, 2.45) is 0 Å². The molecule has 0 fully saturated rings. The van der Waals surface area contributed by atoms with Crippen molar-refractivity contribution in [3.05, 3.63) is 59.6 Å². The first-order chi connectivity index (χ1) is 6.36. The van der Waals surface area contributed by atoms with E-state index in [0.29, 0.717) is 0 Å². The zero-order valence-corrected chi connectivity index (χ0v) is 11.8. The average Bonchev–Trinajstić information content (AvgIpc) is 2.19. The maximum Gasteiger partial charge on any atom is 2.00 e. The normalized spacial score (nSPS) is 8.60. The second kappa shape index (κ2) is 7.28. The van der Waals surface area contributed by atoms with Crippen molar-refractivity contribution < 1.29 is 17.0 Å². The molecule has 0 radical (unpaired) electrons. The van der Waals surface area contributed by atoms with E-state index in [1.807, 2.05) is 48.5 Å². The van der Waals surface area contributed by atoms with Gasteiger partial charge in [-0.1, -0.05) is 29.3 Å². The summed E-state index contributed by atoms with van der Waals surface area (Å²) in [4.78, 5) is 0. The maximum absolute atomic E-state index is 5.88. The molecule has 2 aromatic carbocycles. The zero-order chi connectivity index (χ0) is 9.10. The Labute approximate surface area is 122 Å². The van der Waals surface area contributed by atoms with Gasteiger partial charge < -0.3 is 17.0 Å². The van der Waals surface area contributed by atoms with Crippen molar-refractivity contribution >= 4 is 34.7 Å². The third-order valence-corrected chi connectivity index (χ3v) is 2.10. The van der Waals surface area contributed by atoms with E-state index in [9.17, 15) is 0 Å². The molecule has 0 N–H and O–H groups in total. The van der Waals surface area contributed by atoms with Gasteiger partial charge in [0, 0.05) is 5.02 Å². The predicted octanol–water partition coefficient (Wildman–Crippen LogP) is 0.430. The van der Waals surface area contributed by atoms with Crippen molar-refractivity contribution in [2.75, 3.05) is 0 Å². The fourth-order valence-electron chi connectivity index (χ4n) is 1.24. The summed E-state index contributed by atoms with van der Waals surface area (Å²) in [5, 5.41) is 0.765. The predicted molar refractivity (Wildman–Crippen MR) is 61.5 cm³/mol. The van der Waals surface area contributed by atoms with Crippen LogP contribution in [0.15, 0.2) is 48.5 Å². The molecule has 0 heterocycles. The van der Waals surface area contributed by atoms with Crippen LogP contribution in [0.1, 0.15) is 0 Å². The molecule has 2 rings (SSSR count).